The first-order valence-corrected chi connectivity index (χ1v) is 13.4. The number of hydrogen-bond acceptors (Lipinski definition) is 6. The number of benzene rings is 2. The molecule has 200 valence electrons. The van der Waals surface area contributed by atoms with Crippen molar-refractivity contribution in [2.24, 2.45) is 0 Å². The SMILES string of the molecule is CCCCOc1cccc(C2C(=C(O)c3ccc(OCC)cc3)C(=O)C(=O)N2CCCN(CC)CC)c1. The number of aliphatic hydroxyl groups is 1. The average Bonchev–Trinajstić information content (AvgIpc) is 3.17. The predicted octanol–water partition coefficient (Wildman–Crippen LogP) is 5.42. The van der Waals surface area contributed by atoms with Gasteiger partial charge in [-0.05, 0) is 81.4 Å². The van der Waals surface area contributed by atoms with Crippen LogP contribution in [-0.4, -0.2) is 66.0 Å². The van der Waals surface area contributed by atoms with Crippen LogP contribution in [0.15, 0.2) is 54.1 Å². The molecule has 1 aliphatic heterocycles. The van der Waals surface area contributed by atoms with Crippen molar-refractivity contribution >= 4 is 17.4 Å². The van der Waals surface area contributed by atoms with Crippen molar-refractivity contribution in [3.63, 3.8) is 0 Å². The van der Waals surface area contributed by atoms with E-state index in [1.54, 1.807) is 29.2 Å². The molecule has 37 heavy (non-hydrogen) atoms. The van der Waals surface area contributed by atoms with Gasteiger partial charge in [-0.1, -0.05) is 39.3 Å². The van der Waals surface area contributed by atoms with E-state index < -0.39 is 17.7 Å². The maximum absolute atomic E-state index is 13.3. The highest BCUT2D eigenvalue weighted by atomic mass is 16.5. The molecule has 7 nitrogen and oxygen atoms in total. The molecule has 0 spiro atoms. The summed E-state index contributed by atoms with van der Waals surface area (Å²) in [6.07, 6.45) is 2.68. The summed E-state index contributed by atoms with van der Waals surface area (Å²) in [5.74, 6) is -0.0917. The molecule has 0 aromatic heterocycles. The molecule has 7 heteroatoms. The van der Waals surface area contributed by atoms with Crippen molar-refractivity contribution in [1.29, 1.82) is 0 Å². The van der Waals surface area contributed by atoms with Crippen molar-refractivity contribution in [3.8, 4) is 11.5 Å². The van der Waals surface area contributed by atoms with Gasteiger partial charge in [0, 0.05) is 12.1 Å². The summed E-state index contributed by atoms with van der Waals surface area (Å²) < 4.78 is 11.4. The Balaban J connectivity index is 2.00. The standard InChI is InChI=1S/C30H40N2O5/c1-5-9-20-37-25-13-10-12-23(21-25)27-26(28(33)22-14-16-24(17-15-22)36-8-4)29(34)30(35)32(27)19-11-18-31(6-2)7-3/h10,12-17,21,27,33H,5-9,11,18-20H2,1-4H3. The summed E-state index contributed by atoms with van der Waals surface area (Å²) >= 11 is 0. The van der Waals surface area contributed by atoms with Gasteiger partial charge in [0.05, 0.1) is 24.8 Å². The molecule has 0 aliphatic carbocycles. The number of rotatable bonds is 14. The zero-order valence-electron chi connectivity index (χ0n) is 22.5. The number of ether oxygens (including phenoxy) is 2. The van der Waals surface area contributed by atoms with Gasteiger partial charge in [0.15, 0.2) is 0 Å². The molecule has 0 bridgehead atoms. The van der Waals surface area contributed by atoms with E-state index in [1.807, 2.05) is 31.2 Å². The first-order chi connectivity index (χ1) is 17.9. The summed E-state index contributed by atoms with van der Waals surface area (Å²) in [5, 5.41) is 11.3. The van der Waals surface area contributed by atoms with E-state index in [4.69, 9.17) is 9.47 Å². The molecule has 1 heterocycles. The lowest BCUT2D eigenvalue weighted by Gasteiger charge is -2.27. The van der Waals surface area contributed by atoms with Crippen molar-refractivity contribution in [2.75, 3.05) is 39.4 Å². The third kappa shape index (κ3) is 6.92. The number of unbranched alkanes of at least 4 members (excludes halogenated alkanes) is 1. The molecule has 3 rings (SSSR count). The third-order valence-electron chi connectivity index (χ3n) is 6.69. The molecule has 2 aromatic rings. The molecule has 0 radical (unpaired) electrons. The Morgan fingerprint density at radius 2 is 1.68 bits per heavy atom. The fourth-order valence-corrected chi connectivity index (χ4v) is 4.60. The summed E-state index contributed by atoms with van der Waals surface area (Å²) in [7, 11) is 0. The van der Waals surface area contributed by atoms with E-state index >= 15 is 0 Å². The molecule has 1 unspecified atom stereocenters. The van der Waals surface area contributed by atoms with Crippen molar-refractivity contribution < 1.29 is 24.2 Å². The molecule has 1 aliphatic rings. The quantitative estimate of drug-likeness (QED) is 0.159. The minimum Gasteiger partial charge on any atom is -0.507 e. The normalized spacial score (nSPS) is 17.0. The monoisotopic (exact) mass is 508 g/mol. The number of nitrogens with zero attached hydrogens (tertiary/aromatic N) is 2. The van der Waals surface area contributed by atoms with E-state index in [-0.39, 0.29) is 11.3 Å². The number of carbonyl (C=O) groups is 2. The number of ketones is 1. The van der Waals surface area contributed by atoms with Crippen LogP contribution in [0.1, 0.15) is 64.1 Å². The zero-order valence-corrected chi connectivity index (χ0v) is 22.5. The van der Waals surface area contributed by atoms with Crippen LogP contribution in [0.2, 0.25) is 0 Å². The minimum atomic E-state index is -0.696. The maximum atomic E-state index is 13.3. The third-order valence-corrected chi connectivity index (χ3v) is 6.69. The van der Waals surface area contributed by atoms with Gasteiger partial charge in [-0.2, -0.15) is 0 Å². The van der Waals surface area contributed by atoms with Gasteiger partial charge in [-0.3, -0.25) is 9.59 Å². The Morgan fingerprint density at radius 1 is 0.946 bits per heavy atom. The Labute approximate surface area is 220 Å². The Hall–Kier alpha value is -3.32. The number of amides is 1. The molecule has 1 amide bonds. The number of carbonyl (C=O) groups excluding carboxylic acids is 2. The highest BCUT2D eigenvalue weighted by Gasteiger charge is 2.45. The van der Waals surface area contributed by atoms with Crippen molar-refractivity contribution in [2.45, 2.75) is 53.0 Å². The van der Waals surface area contributed by atoms with Crippen LogP contribution >= 0.6 is 0 Å². The number of likely N-dealkylation sites (tertiary alicyclic amines) is 1. The number of Topliss-reactive ketones (excluding diaryl/α,β-unsaturated/α-hetero) is 1. The van der Waals surface area contributed by atoms with Crippen LogP contribution in [-0.2, 0) is 9.59 Å². The van der Waals surface area contributed by atoms with Gasteiger partial charge in [0.2, 0.25) is 0 Å². The summed E-state index contributed by atoms with van der Waals surface area (Å²) in [6.45, 7) is 12.4. The topological polar surface area (TPSA) is 79.3 Å². The minimum absolute atomic E-state index is 0.0997. The molecule has 0 saturated carbocycles. The Kier molecular flexibility index (Phi) is 10.6. The van der Waals surface area contributed by atoms with Gasteiger partial charge >= 0.3 is 0 Å². The summed E-state index contributed by atoms with van der Waals surface area (Å²) in [4.78, 5) is 30.4. The lowest BCUT2D eigenvalue weighted by Crippen LogP contribution is -2.33. The van der Waals surface area contributed by atoms with Crippen LogP contribution in [0.25, 0.3) is 5.76 Å². The highest BCUT2D eigenvalue weighted by molar-refractivity contribution is 6.46. The Bertz CT molecular complexity index is 1080. The zero-order chi connectivity index (χ0) is 26.8. The maximum Gasteiger partial charge on any atom is 0.295 e. The lowest BCUT2D eigenvalue weighted by atomic mass is 9.95. The van der Waals surface area contributed by atoms with E-state index in [9.17, 15) is 14.7 Å². The van der Waals surface area contributed by atoms with Gasteiger partial charge in [0.1, 0.15) is 17.3 Å². The van der Waals surface area contributed by atoms with Crippen LogP contribution < -0.4 is 9.47 Å². The second-order valence-electron chi connectivity index (χ2n) is 9.10. The smallest absolute Gasteiger partial charge is 0.295 e. The van der Waals surface area contributed by atoms with Crippen molar-refractivity contribution in [3.05, 3.63) is 65.2 Å². The Morgan fingerprint density at radius 3 is 2.32 bits per heavy atom. The lowest BCUT2D eigenvalue weighted by molar-refractivity contribution is -0.140. The van der Waals surface area contributed by atoms with Crippen LogP contribution in [0.4, 0.5) is 0 Å². The van der Waals surface area contributed by atoms with E-state index in [2.05, 4.69) is 25.7 Å². The fourth-order valence-electron chi connectivity index (χ4n) is 4.60. The number of hydrogen-bond donors (Lipinski definition) is 1. The largest absolute Gasteiger partial charge is 0.507 e. The van der Waals surface area contributed by atoms with Crippen LogP contribution in [0, 0.1) is 0 Å². The average molecular weight is 509 g/mol. The first kappa shape index (κ1) is 28.3. The molecule has 1 atom stereocenters. The molecular weight excluding hydrogens is 468 g/mol. The second kappa shape index (κ2) is 13.8. The van der Waals surface area contributed by atoms with E-state index in [0.29, 0.717) is 36.8 Å². The van der Waals surface area contributed by atoms with Crippen LogP contribution in [0.3, 0.4) is 0 Å². The highest BCUT2D eigenvalue weighted by Crippen LogP contribution is 2.40. The van der Waals surface area contributed by atoms with Gasteiger partial charge in [-0.25, -0.2) is 0 Å². The van der Waals surface area contributed by atoms with Gasteiger partial charge < -0.3 is 24.4 Å². The number of aliphatic hydroxyl groups excluding tert-OH is 1. The predicted molar refractivity (Wildman–Crippen MR) is 146 cm³/mol. The van der Waals surface area contributed by atoms with Crippen LogP contribution in [0.5, 0.6) is 11.5 Å². The first-order valence-electron chi connectivity index (χ1n) is 13.4. The summed E-state index contributed by atoms with van der Waals surface area (Å²) in [6, 6.07) is 13.7. The van der Waals surface area contributed by atoms with Crippen molar-refractivity contribution in [1.82, 2.24) is 9.80 Å². The van der Waals surface area contributed by atoms with Gasteiger partial charge in [-0.15, -0.1) is 0 Å². The molecule has 1 saturated heterocycles. The second-order valence-corrected chi connectivity index (χ2v) is 9.10. The fraction of sp³-hybridized carbons (Fsp3) is 0.467. The van der Waals surface area contributed by atoms with E-state index in [1.165, 1.54) is 0 Å². The molecule has 1 fully saturated rings. The molecular formula is C30H40N2O5. The molecule has 2 aromatic carbocycles. The summed E-state index contributed by atoms with van der Waals surface area (Å²) in [5.41, 5.74) is 1.30. The van der Waals surface area contributed by atoms with Gasteiger partial charge in [0.25, 0.3) is 11.7 Å². The molecule has 1 N–H and O–H groups in total. The van der Waals surface area contributed by atoms with E-state index in [0.717, 1.165) is 44.5 Å².